The van der Waals surface area contributed by atoms with Crippen molar-refractivity contribution in [2.45, 2.75) is 38.3 Å². The number of nitrogens with zero attached hydrogens (tertiary/aromatic N) is 4. The minimum absolute atomic E-state index is 0.332. The van der Waals surface area contributed by atoms with Gasteiger partial charge in [0.05, 0.1) is 37.4 Å². The average Bonchev–Trinajstić information content (AvgIpc) is 2.73. The Hall–Kier alpha value is -2.03. The second kappa shape index (κ2) is 4.57. The molecule has 0 unspecified atom stereocenters. The zero-order valence-electron chi connectivity index (χ0n) is 11.5. The van der Waals surface area contributed by atoms with Crippen LogP contribution in [0.5, 0.6) is 0 Å². The Labute approximate surface area is 112 Å². The van der Waals surface area contributed by atoms with E-state index >= 15 is 0 Å². The van der Waals surface area contributed by atoms with Gasteiger partial charge in [0.1, 0.15) is 5.60 Å². The van der Waals surface area contributed by atoms with Crippen molar-refractivity contribution in [1.29, 1.82) is 5.26 Å². The molecule has 1 fully saturated rings. The number of carbonyl (C=O) groups excluding carboxylic acids is 1. The molecular weight excluding hydrogens is 244 g/mol. The predicted octanol–water partition coefficient (Wildman–Crippen LogP) is 1.74. The average molecular weight is 262 g/mol. The number of hydrogen-bond acceptors (Lipinski definition) is 4. The third kappa shape index (κ3) is 2.70. The molecule has 1 saturated heterocycles. The van der Waals surface area contributed by atoms with Crippen LogP contribution in [0.1, 0.15) is 27.2 Å². The molecule has 1 aromatic heterocycles. The maximum atomic E-state index is 11.9. The fourth-order valence-corrected chi connectivity index (χ4v) is 2.17. The molecule has 1 amide bonds. The number of ether oxygens (including phenoxy) is 1. The summed E-state index contributed by atoms with van der Waals surface area (Å²) in [6, 6.07) is 2.18. The number of amides is 1. The van der Waals surface area contributed by atoms with Crippen LogP contribution in [0.3, 0.4) is 0 Å². The molecule has 6 nitrogen and oxygen atoms in total. The second-order valence-electron chi connectivity index (χ2n) is 5.87. The number of nitriles is 1. The first-order valence-electron chi connectivity index (χ1n) is 6.20. The Morgan fingerprint density at radius 3 is 2.68 bits per heavy atom. The van der Waals surface area contributed by atoms with Gasteiger partial charge in [-0.2, -0.15) is 5.26 Å². The summed E-state index contributed by atoms with van der Waals surface area (Å²) in [5.41, 5.74) is -0.859. The molecule has 0 aliphatic carbocycles. The predicted molar refractivity (Wildman–Crippen MR) is 68.2 cm³/mol. The highest BCUT2D eigenvalue weighted by Gasteiger charge is 2.47. The minimum Gasteiger partial charge on any atom is -0.444 e. The van der Waals surface area contributed by atoms with E-state index in [1.807, 2.05) is 31.5 Å². The van der Waals surface area contributed by atoms with Crippen LogP contribution in [0, 0.1) is 11.3 Å². The van der Waals surface area contributed by atoms with Crippen molar-refractivity contribution in [1.82, 2.24) is 14.5 Å². The lowest BCUT2D eigenvalue weighted by atomic mass is 9.87. The SMILES string of the molecule is CC(C)(C)OC(=O)N1CC(CC#N)(n2ccnc2)C1. The highest BCUT2D eigenvalue weighted by molar-refractivity contribution is 5.69. The Morgan fingerprint density at radius 1 is 1.53 bits per heavy atom. The van der Waals surface area contributed by atoms with Crippen molar-refractivity contribution in [3.8, 4) is 6.07 Å². The molecule has 0 spiro atoms. The maximum absolute atomic E-state index is 11.9. The van der Waals surface area contributed by atoms with Crippen molar-refractivity contribution in [3.63, 3.8) is 0 Å². The summed E-state index contributed by atoms with van der Waals surface area (Å²) in [7, 11) is 0. The van der Waals surface area contributed by atoms with Crippen molar-refractivity contribution in [2.24, 2.45) is 0 Å². The molecule has 2 rings (SSSR count). The summed E-state index contributed by atoms with van der Waals surface area (Å²) in [6.07, 6.45) is 5.20. The van der Waals surface area contributed by atoms with Gasteiger partial charge in [-0.05, 0) is 20.8 Å². The lowest BCUT2D eigenvalue weighted by Gasteiger charge is -2.49. The summed E-state index contributed by atoms with van der Waals surface area (Å²) in [5, 5.41) is 8.96. The normalized spacial score (nSPS) is 17.5. The first-order valence-corrected chi connectivity index (χ1v) is 6.20. The van der Waals surface area contributed by atoms with Crippen LogP contribution < -0.4 is 0 Å². The van der Waals surface area contributed by atoms with Gasteiger partial charge >= 0.3 is 6.09 Å². The molecular formula is C13H18N4O2. The number of carbonyl (C=O) groups is 1. The second-order valence-corrected chi connectivity index (χ2v) is 5.87. The van der Waals surface area contributed by atoms with E-state index in [1.54, 1.807) is 17.4 Å². The van der Waals surface area contributed by atoms with Crippen LogP contribution in [0.15, 0.2) is 18.7 Å². The van der Waals surface area contributed by atoms with E-state index < -0.39 is 5.60 Å². The van der Waals surface area contributed by atoms with Gasteiger partial charge in [-0.3, -0.25) is 0 Å². The third-order valence-electron chi connectivity index (χ3n) is 3.08. The standard InChI is InChI=1S/C13H18N4O2/c1-12(2,3)19-11(18)16-8-13(9-16,4-5-14)17-7-6-15-10-17/h6-7,10H,4,8-9H2,1-3H3. The molecule has 0 radical (unpaired) electrons. The maximum Gasteiger partial charge on any atom is 0.410 e. The summed E-state index contributed by atoms with van der Waals surface area (Å²) >= 11 is 0. The van der Waals surface area contributed by atoms with E-state index in [2.05, 4.69) is 11.1 Å². The molecule has 1 aromatic rings. The fourth-order valence-electron chi connectivity index (χ4n) is 2.17. The topological polar surface area (TPSA) is 71.2 Å². The van der Waals surface area contributed by atoms with Gasteiger partial charge in [0.25, 0.3) is 0 Å². The third-order valence-corrected chi connectivity index (χ3v) is 3.08. The number of hydrogen-bond donors (Lipinski definition) is 0. The highest BCUT2D eigenvalue weighted by atomic mass is 16.6. The molecule has 0 N–H and O–H groups in total. The Kier molecular flexibility index (Phi) is 3.23. The van der Waals surface area contributed by atoms with Crippen molar-refractivity contribution in [2.75, 3.05) is 13.1 Å². The first kappa shape index (κ1) is 13.4. The van der Waals surface area contributed by atoms with E-state index in [4.69, 9.17) is 10.00 Å². The molecule has 6 heteroatoms. The van der Waals surface area contributed by atoms with Crippen molar-refractivity contribution < 1.29 is 9.53 Å². The van der Waals surface area contributed by atoms with Crippen LogP contribution in [0.25, 0.3) is 0 Å². The zero-order valence-corrected chi connectivity index (χ0v) is 11.5. The summed E-state index contributed by atoms with van der Waals surface area (Å²) in [4.78, 5) is 17.5. The monoisotopic (exact) mass is 262 g/mol. The molecule has 0 bridgehead atoms. The summed E-state index contributed by atoms with van der Waals surface area (Å²) in [6.45, 7) is 6.47. The quantitative estimate of drug-likeness (QED) is 0.814. The molecule has 0 atom stereocenters. The smallest absolute Gasteiger partial charge is 0.410 e. The molecule has 1 aliphatic rings. The van der Waals surface area contributed by atoms with Gasteiger partial charge in [-0.1, -0.05) is 0 Å². The molecule has 0 aromatic carbocycles. The van der Waals surface area contributed by atoms with E-state index in [9.17, 15) is 4.79 Å². The Morgan fingerprint density at radius 2 is 2.21 bits per heavy atom. The number of likely N-dealkylation sites (tertiary alicyclic amines) is 1. The molecule has 19 heavy (non-hydrogen) atoms. The van der Waals surface area contributed by atoms with Crippen LogP contribution in [0.4, 0.5) is 4.79 Å². The van der Waals surface area contributed by atoms with Gasteiger partial charge in [0.2, 0.25) is 0 Å². The highest BCUT2D eigenvalue weighted by Crippen LogP contribution is 2.33. The number of rotatable bonds is 2. The zero-order chi connectivity index (χ0) is 14.1. The van der Waals surface area contributed by atoms with Gasteiger partial charge in [-0.15, -0.1) is 0 Å². The van der Waals surface area contributed by atoms with Gasteiger partial charge in [0.15, 0.2) is 0 Å². The summed E-state index contributed by atoms with van der Waals surface area (Å²) in [5.74, 6) is 0. The molecule has 102 valence electrons. The van der Waals surface area contributed by atoms with Crippen molar-refractivity contribution in [3.05, 3.63) is 18.7 Å². The van der Waals surface area contributed by atoms with Crippen LogP contribution in [-0.4, -0.2) is 39.2 Å². The largest absolute Gasteiger partial charge is 0.444 e. The fraction of sp³-hybridized carbons (Fsp3) is 0.615. The van der Waals surface area contributed by atoms with Gasteiger partial charge in [-0.25, -0.2) is 9.78 Å². The van der Waals surface area contributed by atoms with Gasteiger partial charge < -0.3 is 14.2 Å². The lowest BCUT2D eigenvalue weighted by molar-refractivity contribution is -0.0276. The van der Waals surface area contributed by atoms with Gasteiger partial charge in [0, 0.05) is 12.4 Å². The Bertz CT molecular complexity index is 490. The van der Waals surface area contributed by atoms with E-state index in [0.717, 1.165) is 0 Å². The molecule has 0 saturated carbocycles. The van der Waals surface area contributed by atoms with Crippen molar-refractivity contribution >= 4 is 6.09 Å². The van der Waals surface area contributed by atoms with Crippen LogP contribution >= 0.6 is 0 Å². The van der Waals surface area contributed by atoms with E-state index in [1.165, 1.54) is 0 Å². The Balaban J connectivity index is 2.03. The van der Waals surface area contributed by atoms with E-state index in [-0.39, 0.29) is 11.6 Å². The summed E-state index contributed by atoms with van der Waals surface area (Å²) < 4.78 is 7.21. The molecule has 1 aliphatic heterocycles. The van der Waals surface area contributed by atoms with Crippen LogP contribution in [-0.2, 0) is 10.3 Å². The number of aromatic nitrogens is 2. The first-order chi connectivity index (χ1) is 8.86. The number of imidazole rings is 1. The molecule has 2 heterocycles. The minimum atomic E-state index is -0.500. The van der Waals surface area contributed by atoms with E-state index in [0.29, 0.717) is 19.5 Å². The lowest BCUT2D eigenvalue weighted by Crippen LogP contribution is -2.64. The van der Waals surface area contributed by atoms with Crippen LogP contribution in [0.2, 0.25) is 0 Å².